The number of benzene rings is 2. The lowest BCUT2D eigenvalue weighted by Gasteiger charge is -2.11. The molecule has 0 bridgehead atoms. The van der Waals surface area contributed by atoms with E-state index in [0.29, 0.717) is 25.8 Å². The van der Waals surface area contributed by atoms with E-state index in [9.17, 15) is 0 Å². The van der Waals surface area contributed by atoms with Crippen LogP contribution in [0.3, 0.4) is 0 Å². The van der Waals surface area contributed by atoms with Crippen molar-refractivity contribution < 1.29 is 4.74 Å². The Morgan fingerprint density at radius 3 is 2.17 bits per heavy atom. The summed E-state index contributed by atoms with van der Waals surface area (Å²) in [5.74, 6) is 0.580. The van der Waals surface area contributed by atoms with Gasteiger partial charge in [0.2, 0.25) is 0 Å². The van der Waals surface area contributed by atoms with E-state index in [1.807, 2.05) is 12.1 Å². The molecule has 1 nitrogen and oxygen atoms in total. The van der Waals surface area contributed by atoms with Crippen molar-refractivity contribution in [2.45, 2.75) is 0 Å². The number of rotatable bonds is 2. The van der Waals surface area contributed by atoms with Crippen molar-refractivity contribution in [2.24, 2.45) is 0 Å². The van der Waals surface area contributed by atoms with Crippen LogP contribution in [0.2, 0.25) is 20.1 Å². The first-order valence-electron chi connectivity index (χ1n) is 5.02. The second-order valence-corrected chi connectivity index (χ2v) is 5.17. The third-order valence-electron chi connectivity index (χ3n) is 2.48. The number of halogens is 4. The van der Waals surface area contributed by atoms with Gasteiger partial charge in [0.25, 0.3) is 0 Å². The van der Waals surface area contributed by atoms with E-state index in [1.165, 1.54) is 0 Å². The molecule has 2 aromatic carbocycles. The van der Waals surface area contributed by atoms with Crippen LogP contribution in [0.5, 0.6) is 5.75 Å². The molecule has 0 heterocycles. The van der Waals surface area contributed by atoms with E-state index < -0.39 is 0 Å². The van der Waals surface area contributed by atoms with Crippen LogP contribution < -0.4 is 4.74 Å². The van der Waals surface area contributed by atoms with Crippen LogP contribution in [-0.4, -0.2) is 7.11 Å². The van der Waals surface area contributed by atoms with Gasteiger partial charge >= 0.3 is 0 Å². The zero-order chi connectivity index (χ0) is 13.3. The van der Waals surface area contributed by atoms with Crippen LogP contribution in [0.15, 0.2) is 30.3 Å². The molecule has 0 saturated carbocycles. The van der Waals surface area contributed by atoms with E-state index >= 15 is 0 Å². The molecule has 0 aliphatic heterocycles. The first-order valence-corrected chi connectivity index (χ1v) is 6.53. The van der Waals surface area contributed by atoms with Crippen molar-refractivity contribution in [2.75, 3.05) is 7.11 Å². The van der Waals surface area contributed by atoms with E-state index in [1.54, 1.807) is 25.3 Å². The van der Waals surface area contributed by atoms with E-state index in [0.717, 1.165) is 11.1 Å². The molecule has 0 aliphatic rings. The van der Waals surface area contributed by atoms with Gasteiger partial charge < -0.3 is 4.74 Å². The number of hydrogen-bond donors (Lipinski definition) is 0. The van der Waals surface area contributed by atoms with Gasteiger partial charge in [-0.05, 0) is 18.2 Å². The van der Waals surface area contributed by atoms with Crippen molar-refractivity contribution in [1.29, 1.82) is 0 Å². The minimum atomic E-state index is 0.407. The molecule has 2 aromatic rings. The zero-order valence-corrected chi connectivity index (χ0v) is 12.3. The van der Waals surface area contributed by atoms with Crippen LogP contribution >= 0.6 is 46.4 Å². The van der Waals surface area contributed by atoms with Crippen molar-refractivity contribution in [3.05, 3.63) is 50.4 Å². The van der Waals surface area contributed by atoms with Crippen molar-refractivity contribution in [3.8, 4) is 16.9 Å². The molecule has 5 heteroatoms. The lowest BCUT2D eigenvalue weighted by molar-refractivity contribution is 0.415. The summed E-state index contributed by atoms with van der Waals surface area (Å²) in [4.78, 5) is 0. The summed E-state index contributed by atoms with van der Waals surface area (Å²) >= 11 is 24.3. The van der Waals surface area contributed by atoms with Crippen LogP contribution in [0.1, 0.15) is 0 Å². The molecule has 0 amide bonds. The highest BCUT2D eigenvalue weighted by atomic mass is 35.5. The Balaban J connectivity index is 2.66. The van der Waals surface area contributed by atoms with Gasteiger partial charge in [-0.15, -0.1) is 0 Å². The normalized spacial score (nSPS) is 10.5. The smallest absolute Gasteiger partial charge is 0.138 e. The molecule has 0 aliphatic carbocycles. The highest BCUT2D eigenvalue weighted by Gasteiger charge is 2.13. The van der Waals surface area contributed by atoms with Crippen LogP contribution in [0.25, 0.3) is 11.1 Å². The fourth-order valence-corrected chi connectivity index (χ4v) is 2.56. The third-order valence-corrected chi connectivity index (χ3v) is 3.91. The zero-order valence-electron chi connectivity index (χ0n) is 9.31. The molecule has 0 spiro atoms. The second-order valence-electron chi connectivity index (χ2n) is 3.57. The molecule has 0 saturated heterocycles. The maximum Gasteiger partial charge on any atom is 0.138 e. The number of hydrogen-bond acceptors (Lipinski definition) is 1. The third kappa shape index (κ3) is 2.55. The highest BCUT2D eigenvalue weighted by Crippen LogP contribution is 2.41. The van der Waals surface area contributed by atoms with Crippen molar-refractivity contribution in [3.63, 3.8) is 0 Å². The summed E-state index contributed by atoms with van der Waals surface area (Å²) in [6, 6.07) is 8.73. The van der Waals surface area contributed by atoms with Crippen LogP contribution in [-0.2, 0) is 0 Å². The van der Waals surface area contributed by atoms with Crippen LogP contribution in [0.4, 0.5) is 0 Å². The van der Waals surface area contributed by atoms with Crippen molar-refractivity contribution >= 4 is 46.4 Å². The summed E-state index contributed by atoms with van der Waals surface area (Å²) < 4.78 is 5.17. The van der Waals surface area contributed by atoms with Gasteiger partial charge in [-0.25, -0.2) is 0 Å². The summed E-state index contributed by atoms with van der Waals surface area (Å²) in [5, 5.41) is 1.80. The highest BCUT2D eigenvalue weighted by molar-refractivity contribution is 6.44. The molecule has 0 radical (unpaired) electrons. The van der Waals surface area contributed by atoms with Crippen LogP contribution in [0, 0.1) is 0 Å². The first kappa shape index (κ1) is 13.8. The quantitative estimate of drug-likeness (QED) is 0.618. The predicted octanol–water partition coefficient (Wildman–Crippen LogP) is 5.98. The Kier molecular flexibility index (Phi) is 4.29. The largest absolute Gasteiger partial charge is 0.495 e. The average molecular weight is 322 g/mol. The van der Waals surface area contributed by atoms with E-state index in [2.05, 4.69) is 0 Å². The topological polar surface area (TPSA) is 9.23 Å². The lowest BCUT2D eigenvalue weighted by atomic mass is 10.1. The van der Waals surface area contributed by atoms with Gasteiger partial charge in [0.1, 0.15) is 5.75 Å². The molecule has 0 fully saturated rings. The Labute approximate surface area is 125 Å². The lowest BCUT2D eigenvalue weighted by Crippen LogP contribution is -1.88. The Hall–Kier alpha value is -0.600. The molecular weight excluding hydrogens is 314 g/mol. The number of ether oxygens (including phenoxy) is 1. The predicted molar refractivity (Wildman–Crippen MR) is 78.5 cm³/mol. The first-order chi connectivity index (χ1) is 8.54. The maximum atomic E-state index is 6.25. The summed E-state index contributed by atoms with van der Waals surface area (Å²) in [6.07, 6.45) is 0. The van der Waals surface area contributed by atoms with E-state index in [-0.39, 0.29) is 0 Å². The fourth-order valence-electron chi connectivity index (χ4n) is 1.61. The molecule has 0 atom stereocenters. The second kappa shape index (κ2) is 5.58. The molecular formula is C13H8Cl4O. The van der Waals surface area contributed by atoms with E-state index in [4.69, 9.17) is 51.1 Å². The standard InChI is InChI=1S/C13H8Cl4O/c1-18-12-4-2-3-7(13(12)17)8-5-10(15)11(16)6-9(8)14/h2-6H,1H3. The molecule has 18 heavy (non-hydrogen) atoms. The molecule has 0 aromatic heterocycles. The molecule has 0 N–H and O–H groups in total. The Morgan fingerprint density at radius 2 is 1.50 bits per heavy atom. The fraction of sp³-hybridized carbons (Fsp3) is 0.0769. The molecule has 0 unspecified atom stereocenters. The van der Waals surface area contributed by atoms with Gasteiger partial charge in [0, 0.05) is 11.1 Å². The molecule has 2 rings (SSSR count). The van der Waals surface area contributed by atoms with Gasteiger partial charge in [0.05, 0.1) is 27.2 Å². The summed E-state index contributed by atoms with van der Waals surface area (Å²) in [5.41, 5.74) is 1.47. The minimum Gasteiger partial charge on any atom is -0.495 e. The minimum absolute atomic E-state index is 0.407. The average Bonchev–Trinajstić information content (AvgIpc) is 2.34. The van der Waals surface area contributed by atoms with Gasteiger partial charge in [0.15, 0.2) is 0 Å². The van der Waals surface area contributed by atoms with Gasteiger partial charge in [-0.3, -0.25) is 0 Å². The summed E-state index contributed by atoms with van der Waals surface area (Å²) in [6.45, 7) is 0. The maximum absolute atomic E-state index is 6.25. The monoisotopic (exact) mass is 320 g/mol. The Morgan fingerprint density at radius 1 is 0.833 bits per heavy atom. The Bertz CT molecular complexity index is 596. The SMILES string of the molecule is COc1cccc(-c2cc(Cl)c(Cl)cc2Cl)c1Cl. The van der Waals surface area contributed by atoms with Crippen molar-refractivity contribution in [1.82, 2.24) is 0 Å². The van der Waals surface area contributed by atoms with Gasteiger partial charge in [-0.2, -0.15) is 0 Å². The van der Waals surface area contributed by atoms with Gasteiger partial charge in [-0.1, -0.05) is 58.5 Å². The molecule has 94 valence electrons. The summed E-state index contributed by atoms with van der Waals surface area (Å²) in [7, 11) is 1.56. The number of methoxy groups -OCH3 is 1.